The number of carboxylic acid groups (broad SMARTS) is 1. The molecule has 14 heavy (non-hydrogen) atoms. The quantitative estimate of drug-likeness (QED) is 0.674. The Morgan fingerprint density at radius 2 is 2.21 bits per heavy atom. The van der Waals surface area contributed by atoms with Gasteiger partial charge in [-0.25, -0.2) is 0 Å². The first kappa shape index (κ1) is 10.8. The summed E-state index contributed by atoms with van der Waals surface area (Å²) in [6, 6.07) is 3.03. The largest absolute Gasteiger partial charge is 0.544 e. The Kier molecular flexibility index (Phi) is 2.94. The summed E-state index contributed by atoms with van der Waals surface area (Å²) in [5.41, 5.74) is -1.06. The maximum Gasteiger partial charge on any atom is 0.120 e. The van der Waals surface area contributed by atoms with Gasteiger partial charge in [-0.1, -0.05) is 11.8 Å². The number of carboxylic acids is 1. The summed E-state index contributed by atoms with van der Waals surface area (Å²) in [6.45, 7) is 3.13. The minimum absolute atomic E-state index is 0.144. The molecule has 0 unspecified atom stereocenters. The van der Waals surface area contributed by atoms with Crippen molar-refractivity contribution in [3.8, 4) is 11.8 Å². The zero-order chi connectivity index (χ0) is 10.8. The van der Waals surface area contributed by atoms with Crippen molar-refractivity contribution in [2.45, 2.75) is 19.4 Å². The van der Waals surface area contributed by atoms with E-state index in [0.29, 0.717) is 4.88 Å². The van der Waals surface area contributed by atoms with Gasteiger partial charge in [-0.2, -0.15) is 0 Å². The number of hydrogen-bond acceptors (Lipinski definition) is 4. The summed E-state index contributed by atoms with van der Waals surface area (Å²) in [7, 11) is 0. The summed E-state index contributed by atoms with van der Waals surface area (Å²) in [5, 5.41) is 19.7. The van der Waals surface area contributed by atoms with Crippen molar-refractivity contribution >= 4 is 17.3 Å². The molecule has 0 saturated heterocycles. The maximum absolute atomic E-state index is 10.4. The highest BCUT2D eigenvalue weighted by atomic mass is 32.1. The molecular weight excluding hydrogens is 200 g/mol. The molecule has 0 aromatic carbocycles. The van der Waals surface area contributed by atoms with E-state index in [-0.39, 0.29) is 4.88 Å². The van der Waals surface area contributed by atoms with Crippen LogP contribution in [0.5, 0.6) is 0 Å². The Bertz CT molecular complexity index is 401. The molecule has 0 saturated carbocycles. The first-order valence-corrected chi connectivity index (χ1v) is 4.77. The van der Waals surface area contributed by atoms with E-state index < -0.39 is 11.6 Å². The van der Waals surface area contributed by atoms with Crippen molar-refractivity contribution in [1.82, 2.24) is 0 Å². The lowest BCUT2D eigenvalue weighted by molar-refractivity contribution is -0.254. The van der Waals surface area contributed by atoms with Crippen molar-refractivity contribution in [3.63, 3.8) is 0 Å². The van der Waals surface area contributed by atoms with E-state index in [0.717, 1.165) is 11.3 Å². The Labute approximate surface area is 86.0 Å². The molecule has 0 aliphatic rings. The molecule has 1 rings (SSSR count). The number of aliphatic hydroxyl groups is 1. The van der Waals surface area contributed by atoms with Gasteiger partial charge < -0.3 is 15.0 Å². The van der Waals surface area contributed by atoms with Crippen LogP contribution in [0, 0.1) is 11.8 Å². The molecular formula is C10H9O3S-. The standard InChI is InChI=1S/C10H10O3S/c1-10(2,13)6-5-7-3-4-8(14-7)9(11)12/h3-4,13H,1-2H3,(H,11,12)/p-1. The zero-order valence-corrected chi connectivity index (χ0v) is 8.64. The summed E-state index contributed by atoms with van der Waals surface area (Å²) < 4.78 is 0. The minimum atomic E-state index is -1.20. The fraction of sp³-hybridized carbons (Fsp3) is 0.300. The van der Waals surface area contributed by atoms with E-state index in [1.165, 1.54) is 6.07 Å². The van der Waals surface area contributed by atoms with Gasteiger partial charge in [0.05, 0.1) is 15.7 Å². The lowest BCUT2D eigenvalue weighted by Gasteiger charge is -2.05. The lowest BCUT2D eigenvalue weighted by atomic mass is 10.1. The van der Waals surface area contributed by atoms with Crippen molar-refractivity contribution in [2.24, 2.45) is 0 Å². The van der Waals surface area contributed by atoms with Crippen LogP contribution >= 0.6 is 11.3 Å². The molecule has 1 aromatic rings. The summed E-state index contributed by atoms with van der Waals surface area (Å²) >= 11 is 1.03. The third-order valence-electron chi connectivity index (χ3n) is 1.30. The Morgan fingerprint density at radius 1 is 1.57 bits per heavy atom. The highest BCUT2D eigenvalue weighted by Gasteiger charge is 2.06. The van der Waals surface area contributed by atoms with Crippen molar-refractivity contribution in [3.05, 3.63) is 21.9 Å². The van der Waals surface area contributed by atoms with Crippen LogP contribution in [0.3, 0.4) is 0 Å². The van der Waals surface area contributed by atoms with Gasteiger partial charge in [0, 0.05) is 0 Å². The van der Waals surface area contributed by atoms with Crippen LogP contribution in [-0.4, -0.2) is 16.7 Å². The van der Waals surface area contributed by atoms with Crippen LogP contribution in [-0.2, 0) is 0 Å². The van der Waals surface area contributed by atoms with Gasteiger partial charge in [0.2, 0.25) is 0 Å². The third kappa shape index (κ3) is 3.21. The monoisotopic (exact) mass is 209 g/mol. The van der Waals surface area contributed by atoms with Crippen LogP contribution in [0.15, 0.2) is 12.1 Å². The molecule has 3 nitrogen and oxygen atoms in total. The second-order valence-electron chi connectivity index (χ2n) is 3.26. The van der Waals surface area contributed by atoms with Crippen LogP contribution in [0.4, 0.5) is 0 Å². The summed E-state index contributed by atoms with van der Waals surface area (Å²) in [6.07, 6.45) is 0. The van der Waals surface area contributed by atoms with E-state index >= 15 is 0 Å². The van der Waals surface area contributed by atoms with Gasteiger partial charge in [-0.05, 0) is 26.0 Å². The fourth-order valence-corrected chi connectivity index (χ4v) is 1.42. The van der Waals surface area contributed by atoms with E-state index in [9.17, 15) is 15.0 Å². The molecule has 1 aromatic heterocycles. The fourth-order valence-electron chi connectivity index (χ4n) is 0.729. The molecule has 74 valence electrons. The molecule has 0 spiro atoms. The summed E-state index contributed by atoms with van der Waals surface area (Å²) in [4.78, 5) is 11.2. The molecule has 1 heterocycles. The topological polar surface area (TPSA) is 60.4 Å². The number of hydrogen-bond donors (Lipinski definition) is 1. The van der Waals surface area contributed by atoms with Gasteiger partial charge in [-0.15, -0.1) is 11.3 Å². The number of carbonyl (C=O) groups excluding carboxylic acids is 1. The lowest BCUT2D eigenvalue weighted by Crippen LogP contribution is -2.20. The molecule has 0 atom stereocenters. The van der Waals surface area contributed by atoms with E-state index in [1.54, 1.807) is 19.9 Å². The highest BCUT2D eigenvalue weighted by molar-refractivity contribution is 7.14. The average molecular weight is 209 g/mol. The van der Waals surface area contributed by atoms with E-state index in [4.69, 9.17) is 0 Å². The number of aromatic carboxylic acids is 1. The first-order valence-electron chi connectivity index (χ1n) is 3.95. The molecule has 0 bridgehead atoms. The van der Waals surface area contributed by atoms with Crippen molar-refractivity contribution in [1.29, 1.82) is 0 Å². The van der Waals surface area contributed by atoms with Gasteiger partial charge in [0.1, 0.15) is 5.60 Å². The first-order chi connectivity index (χ1) is 6.38. The second-order valence-corrected chi connectivity index (χ2v) is 4.34. The van der Waals surface area contributed by atoms with Crippen LogP contribution in [0.25, 0.3) is 0 Å². The molecule has 0 amide bonds. The number of thiophene rings is 1. The average Bonchev–Trinajstić information content (AvgIpc) is 2.47. The molecule has 0 fully saturated rings. The van der Waals surface area contributed by atoms with Crippen molar-refractivity contribution in [2.75, 3.05) is 0 Å². The third-order valence-corrected chi connectivity index (χ3v) is 2.28. The SMILES string of the molecule is CC(C)(O)C#Cc1ccc(C(=O)[O-])s1. The molecule has 1 N–H and O–H groups in total. The Balaban J connectivity index is 2.87. The van der Waals surface area contributed by atoms with Gasteiger partial charge in [0.25, 0.3) is 0 Å². The molecule has 0 aliphatic carbocycles. The number of carbonyl (C=O) groups is 1. The van der Waals surface area contributed by atoms with Gasteiger partial charge in [-0.3, -0.25) is 0 Å². The Hall–Kier alpha value is -1.31. The van der Waals surface area contributed by atoms with Crippen LogP contribution in [0.1, 0.15) is 28.4 Å². The molecule has 0 aliphatic heterocycles. The number of rotatable bonds is 1. The van der Waals surface area contributed by atoms with Crippen molar-refractivity contribution < 1.29 is 15.0 Å². The van der Waals surface area contributed by atoms with E-state index in [2.05, 4.69) is 11.8 Å². The Morgan fingerprint density at radius 3 is 2.64 bits per heavy atom. The van der Waals surface area contributed by atoms with Crippen LogP contribution < -0.4 is 5.11 Å². The smallest absolute Gasteiger partial charge is 0.120 e. The predicted octanol–water partition coefficient (Wildman–Crippen LogP) is 0.234. The maximum atomic E-state index is 10.4. The zero-order valence-electron chi connectivity index (χ0n) is 7.83. The van der Waals surface area contributed by atoms with E-state index in [1.807, 2.05) is 0 Å². The minimum Gasteiger partial charge on any atom is -0.544 e. The second kappa shape index (κ2) is 3.82. The normalized spacial score (nSPS) is 10.5. The van der Waals surface area contributed by atoms with Gasteiger partial charge in [0.15, 0.2) is 0 Å². The molecule has 0 radical (unpaired) electrons. The molecule has 4 heteroatoms. The predicted molar refractivity (Wildman–Crippen MR) is 51.8 cm³/mol. The van der Waals surface area contributed by atoms with Gasteiger partial charge >= 0.3 is 0 Å². The summed E-state index contributed by atoms with van der Waals surface area (Å²) in [5.74, 6) is 4.08. The highest BCUT2D eigenvalue weighted by Crippen LogP contribution is 2.14. The van der Waals surface area contributed by atoms with Crippen LogP contribution in [0.2, 0.25) is 0 Å².